The fraction of sp³-hybridized carbons (Fsp3) is 0.500. The fourth-order valence-corrected chi connectivity index (χ4v) is 2.87. The van der Waals surface area contributed by atoms with E-state index in [4.69, 9.17) is 11.6 Å². The molecule has 1 aliphatic carbocycles. The molecule has 14 heavy (non-hydrogen) atoms. The van der Waals surface area contributed by atoms with Crippen molar-refractivity contribution >= 4 is 11.6 Å². The van der Waals surface area contributed by atoms with E-state index >= 15 is 0 Å². The molecule has 0 amide bonds. The lowest BCUT2D eigenvalue weighted by Crippen LogP contribution is -2.19. The maximum absolute atomic E-state index is 6.15. The number of nitrogens with one attached hydrogen (secondary N) is 1. The van der Waals surface area contributed by atoms with Gasteiger partial charge in [0.05, 0.1) is 0 Å². The van der Waals surface area contributed by atoms with Gasteiger partial charge in [0.2, 0.25) is 0 Å². The number of piperidine rings is 1. The summed E-state index contributed by atoms with van der Waals surface area (Å²) in [6, 6.07) is 6.54. The Morgan fingerprint density at radius 2 is 2.36 bits per heavy atom. The van der Waals surface area contributed by atoms with Crippen LogP contribution in [0.3, 0.4) is 0 Å². The Bertz CT molecular complexity index is 388. The lowest BCUT2D eigenvalue weighted by atomic mass is 9.94. The van der Waals surface area contributed by atoms with Crippen LogP contribution in [0.2, 0.25) is 5.02 Å². The summed E-state index contributed by atoms with van der Waals surface area (Å²) in [7, 11) is 0. The van der Waals surface area contributed by atoms with Crippen LogP contribution >= 0.6 is 11.6 Å². The topological polar surface area (TPSA) is 12.0 Å². The molecule has 1 aromatic carbocycles. The second-order valence-electron chi connectivity index (χ2n) is 4.65. The van der Waals surface area contributed by atoms with E-state index in [1.165, 1.54) is 24.1 Å². The van der Waals surface area contributed by atoms with Crippen molar-refractivity contribution in [2.45, 2.75) is 18.8 Å². The molecule has 1 saturated carbocycles. The van der Waals surface area contributed by atoms with Gasteiger partial charge in [-0.2, -0.15) is 0 Å². The number of hydrogen-bond donors (Lipinski definition) is 1. The Morgan fingerprint density at radius 3 is 2.93 bits per heavy atom. The number of halogens is 1. The first-order valence-corrected chi connectivity index (χ1v) is 5.57. The predicted octanol–water partition coefficient (Wildman–Crippen LogP) is 2.51. The molecular weight excluding hydrogens is 194 g/mol. The monoisotopic (exact) mass is 207 g/mol. The zero-order chi connectivity index (χ0) is 9.76. The number of aryl methyl sites for hydroxylation is 1. The van der Waals surface area contributed by atoms with Crippen LogP contribution in [-0.2, 0) is 5.41 Å². The van der Waals surface area contributed by atoms with E-state index in [1.807, 2.05) is 0 Å². The Kier molecular flexibility index (Phi) is 1.71. The lowest BCUT2D eigenvalue weighted by molar-refractivity contribution is 0.675. The highest BCUT2D eigenvalue weighted by molar-refractivity contribution is 6.31. The number of benzene rings is 1. The third-order valence-electron chi connectivity index (χ3n) is 3.81. The average molecular weight is 208 g/mol. The van der Waals surface area contributed by atoms with Gasteiger partial charge in [0.15, 0.2) is 0 Å². The highest BCUT2D eigenvalue weighted by atomic mass is 35.5. The normalized spacial score (nSPS) is 34.3. The Morgan fingerprint density at radius 1 is 1.50 bits per heavy atom. The molecule has 1 aliphatic heterocycles. The third kappa shape index (κ3) is 1.06. The Balaban J connectivity index is 2.01. The van der Waals surface area contributed by atoms with Crippen molar-refractivity contribution in [1.82, 2.24) is 5.32 Å². The summed E-state index contributed by atoms with van der Waals surface area (Å²) in [6.07, 6.45) is 1.35. The summed E-state index contributed by atoms with van der Waals surface area (Å²) in [5.41, 5.74) is 3.05. The molecular formula is C12H14ClN. The largest absolute Gasteiger partial charge is 0.316 e. The van der Waals surface area contributed by atoms with E-state index in [0.29, 0.717) is 5.41 Å². The number of rotatable bonds is 1. The first-order chi connectivity index (χ1) is 6.72. The van der Waals surface area contributed by atoms with Crippen molar-refractivity contribution in [2.75, 3.05) is 13.1 Å². The number of hydrogen-bond acceptors (Lipinski definition) is 1. The molecule has 2 aliphatic rings. The maximum atomic E-state index is 6.15. The van der Waals surface area contributed by atoms with E-state index in [-0.39, 0.29) is 0 Å². The van der Waals surface area contributed by atoms with Crippen molar-refractivity contribution < 1.29 is 0 Å². The van der Waals surface area contributed by atoms with E-state index < -0.39 is 0 Å². The van der Waals surface area contributed by atoms with Gasteiger partial charge in [0.25, 0.3) is 0 Å². The molecule has 0 aromatic heterocycles. The summed E-state index contributed by atoms with van der Waals surface area (Å²) >= 11 is 6.15. The molecule has 3 rings (SSSR count). The van der Waals surface area contributed by atoms with Crippen molar-refractivity contribution in [3.63, 3.8) is 0 Å². The molecule has 74 valence electrons. The van der Waals surface area contributed by atoms with Crippen LogP contribution in [0.25, 0.3) is 0 Å². The van der Waals surface area contributed by atoms with Crippen molar-refractivity contribution in [3.8, 4) is 0 Å². The minimum atomic E-state index is 0.442. The summed E-state index contributed by atoms with van der Waals surface area (Å²) in [5.74, 6) is 0.862. The zero-order valence-corrected chi connectivity index (χ0v) is 9.06. The standard InChI is InChI=1S/C12H14ClN/c1-8-2-3-9(4-11(8)13)12-5-10(12)6-14-7-12/h2-4,10,14H,5-7H2,1H3/t10-,12+/m1/s1. The molecule has 2 atom stereocenters. The van der Waals surface area contributed by atoms with Crippen LogP contribution in [0.15, 0.2) is 18.2 Å². The van der Waals surface area contributed by atoms with Gasteiger partial charge in [0, 0.05) is 17.0 Å². The summed E-state index contributed by atoms with van der Waals surface area (Å²) in [6.45, 7) is 4.38. The maximum Gasteiger partial charge on any atom is 0.0438 e. The minimum absolute atomic E-state index is 0.442. The van der Waals surface area contributed by atoms with Crippen LogP contribution in [0.1, 0.15) is 17.5 Å². The van der Waals surface area contributed by atoms with E-state index in [0.717, 1.165) is 17.5 Å². The van der Waals surface area contributed by atoms with Crippen molar-refractivity contribution in [2.24, 2.45) is 5.92 Å². The summed E-state index contributed by atoms with van der Waals surface area (Å²) in [5, 5.41) is 4.36. The first kappa shape index (κ1) is 8.75. The second-order valence-corrected chi connectivity index (χ2v) is 5.06. The van der Waals surface area contributed by atoms with Crippen LogP contribution in [0.4, 0.5) is 0 Å². The molecule has 0 unspecified atom stereocenters. The summed E-state index contributed by atoms with van der Waals surface area (Å²) in [4.78, 5) is 0. The Labute approximate surface area is 89.5 Å². The van der Waals surface area contributed by atoms with Crippen LogP contribution in [0, 0.1) is 12.8 Å². The third-order valence-corrected chi connectivity index (χ3v) is 4.22. The van der Waals surface area contributed by atoms with Gasteiger partial charge < -0.3 is 5.32 Å². The van der Waals surface area contributed by atoms with Crippen LogP contribution in [-0.4, -0.2) is 13.1 Å². The van der Waals surface area contributed by atoms with E-state index in [2.05, 4.69) is 30.4 Å². The summed E-state index contributed by atoms with van der Waals surface area (Å²) < 4.78 is 0. The predicted molar refractivity (Wildman–Crippen MR) is 58.8 cm³/mol. The molecule has 2 heteroatoms. The molecule has 1 saturated heterocycles. The van der Waals surface area contributed by atoms with Gasteiger partial charge in [-0.15, -0.1) is 0 Å². The fourth-order valence-electron chi connectivity index (χ4n) is 2.69. The molecule has 0 bridgehead atoms. The number of fused-ring (bicyclic) bond motifs is 1. The first-order valence-electron chi connectivity index (χ1n) is 5.20. The van der Waals surface area contributed by atoms with Gasteiger partial charge in [-0.05, 0) is 43.0 Å². The molecule has 0 radical (unpaired) electrons. The zero-order valence-electron chi connectivity index (χ0n) is 8.31. The molecule has 1 aromatic rings. The molecule has 1 N–H and O–H groups in total. The van der Waals surface area contributed by atoms with Gasteiger partial charge in [0.1, 0.15) is 0 Å². The SMILES string of the molecule is Cc1ccc([C@]23CNC[C@H]2C3)cc1Cl. The van der Waals surface area contributed by atoms with Gasteiger partial charge >= 0.3 is 0 Å². The van der Waals surface area contributed by atoms with Gasteiger partial charge in [-0.25, -0.2) is 0 Å². The lowest BCUT2D eigenvalue weighted by Gasteiger charge is -2.13. The van der Waals surface area contributed by atoms with Crippen LogP contribution < -0.4 is 5.32 Å². The molecule has 1 heterocycles. The highest BCUT2D eigenvalue weighted by Gasteiger charge is 2.57. The van der Waals surface area contributed by atoms with Gasteiger partial charge in [-0.1, -0.05) is 23.7 Å². The van der Waals surface area contributed by atoms with Gasteiger partial charge in [-0.3, -0.25) is 0 Å². The second kappa shape index (κ2) is 2.74. The molecule has 1 nitrogen and oxygen atoms in total. The molecule has 0 spiro atoms. The smallest absolute Gasteiger partial charge is 0.0438 e. The molecule has 2 fully saturated rings. The van der Waals surface area contributed by atoms with E-state index in [1.54, 1.807) is 0 Å². The minimum Gasteiger partial charge on any atom is -0.316 e. The van der Waals surface area contributed by atoms with Crippen molar-refractivity contribution in [3.05, 3.63) is 34.3 Å². The Hall–Kier alpha value is -0.530. The van der Waals surface area contributed by atoms with Crippen LogP contribution in [0.5, 0.6) is 0 Å². The van der Waals surface area contributed by atoms with E-state index in [9.17, 15) is 0 Å². The quantitative estimate of drug-likeness (QED) is 0.746. The highest BCUT2D eigenvalue weighted by Crippen LogP contribution is 2.56. The average Bonchev–Trinajstić information content (AvgIpc) is 2.75. The van der Waals surface area contributed by atoms with Crippen molar-refractivity contribution in [1.29, 1.82) is 0 Å².